The minimum Gasteiger partial charge on any atom is -0.379 e. The molecule has 0 aliphatic heterocycles. The molecule has 0 fully saturated rings. The van der Waals surface area contributed by atoms with E-state index in [0.717, 1.165) is 18.9 Å². The molecular weight excluding hydrogens is 482 g/mol. The van der Waals surface area contributed by atoms with Crippen molar-refractivity contribution in [3.05, 3.63) is 0 Å². The Morgan fingerprint density at radius 2 is 1.58 bits per heavy atom. The van der Waals surface area contributed by atoms with Crippen LogP contribution in [0.2, 0.25) is 0 Å². The smallest absolute Gasteiger partial charge is 0.245 e. The normalized spacial score (nSPS) is 15.2. The van der Waals surface area contributed by atoms with Gasteiger partial charge in [0.15, 0.2) is 0 Å². The van der Waals surface area contributed by atoms with Gasteiger partial charge in [-0.05, 0) is 71.6 Å². The molecule has 0 saturated carbocycles. The van der Waals surface area contributed by atoms with Crippen molar-refractivity contribution >= 4 is 18.2 Å². The molecule has 3 amide bonds. The first kappa shape index (κ1) is 38.4. The number of nitrogens with one attached hydrogen (secondary N) is 3. The second-order valence-corrected chi connectivity index (χ2v) is 11.0. The molecule has 38 heavy (non-hydrogen) atoms. The highest BCUT2D eigenvalue weighted by Crippen LogP contribution is 2.23. The van der Waals surface area contributed by atoms with Gasteiger partial charge in [0.05, 0.1) is 18.6 Å². The molecule has 0 aromatic heterocycles. The number of rotatable bonds is 19. The Balaban J connectivity index is 0. The highest BCUT2D eigenvalue weighted by atomic mass is 16.5. The summed E-state index contributed by atoms with van der Waals surface area (Å²) in [6.45, 7) is 19.5. The van der Waals surface area contributed by atoms with E-state index in [-0.39, 0.29) is 36.1 Å². The zero-order valence-corrected chi connectivity index (χ0v) is 26.6. The third-order valence-corrected chi connectivity index (χ3v) is 7.49. The van der Waals surface area contributed by atoms with E-state index < -0.39 is 12.1 Å². The Morgan fingerprint density at radius 3 is 2.00 bits per heavy atom. The van der Waals surface area contributed by atoms with Crippen LogP contribution in [0.1, 0.15) is 81.1 Å². The van der Waals surface area contributed by atoms with Crippen molar-refractivity contribution in [2.75, 3.05) is 47.9 Å². The molecule has 0 heterocycles. The SMILES string of the molecule is CCNC(=O)CC(OC)C(C(C)CC)N(C)C(=O)[C@@H](NC=O)C(C)C.CNCCCCN(C)C(C)C(C)C. The number of unbranched alkanes of at least 4 members (excludes halogenated alkanes) is 1. The Morgan fingerprint density at radius 1 is 0.974 bits per heavy atom. The molecule has 0 saturated heterocycles. The van der Waals surface area contributed by atoms with Crippen LogP contribution >= 0.6 is 0 Å². The fraction of sp³-hybridized carbons (Fsp3) is 0.897. The molecule has 0 aliphatic carbocycles. The van der Waals surface area contributed by atoms with Crippen LogP contribution in [-0.2, 0) is 19.1 Å². The summed E-state index contributed by atoms with van der Waals surface area (Å²) in [4.78, 5) is 39.9. The van der Waals surface area contributed by atoms with E-state index in [2.05, 4.69) is 48.7 Å². The standard InChI is InChI=1S/C18H35N3O4.C11H26N2/c1-8-13(5)17(14(25-7)10-15(23)19-9-2)21(6)18(24)16(12(3)4)20-11-22;1-10(2)11(3)13(5)9-7-6-8-12-4/h11-14,16-17H,8-10H2,1-7H3,(H,19,23)(H,20,22);10-12H,6-9H2,1-5H3/t13?,14?,16-,17?;/m0./s1. The Labute approximate surface area is 234 Å². The van der Waals surface area contributed by atoms with Gasteiger partial charge in [0.25, 0.3) is 0 Å². The van der Waals surface area contributed by atoms with Crippen molar-refractivity contribution in [1.29, 1.82) is 0 Å². The van der Waals surface area contributed by atoms with Crippen LogP contribution in [0.4, 0.5) is 0 Å². The monoisotopic (exact) mass is 543 g/mol. The molecule has 0 bridgehead atoms. The zero-order valence-electron chi connectivity index (χ0n) is 26.6. The summed E-state index contributed by atoms with van der Waals surface area (Å²) >= 11 is 0. The largest absolute Gasteiger partial charge is 0.379 e. The lowest BCUT2D eigenvalue weighted by molar-refractivity contribution is -0.143. The molecule has 4 unspecified atom stereocenters. The van der Waals surface area contributed by atoms with Crippen molar-refractivity contribution in [2.45, 2.75) is 105 Å². The van der Waals surface area contributed by atoms with Gasteiger partial charge >= 0.3 is 0 Å². The minimum atomic E-state index is -0.601. The quantitative estimate of drug-likeness (QED) is 0.171. The lowest BCUT2D eigenvalue weighted by Gasteiger charge is -2.39. The lowest BCUT2D eigenvalue weighted by atomic mass is 9.90. The highest BCUT2D eigenvalue weighted by molar-refractivity contribution is 5.84. The summed E-state index contributed by atoms with van der Waals surface area (Å²) in [7, 11) is 7.51. The van der Waals surface area contributed by atoms with Gasteiger partial charge in [0, 0.05) is 26.7 Å². The van der Waals surface area contributed by atoms with Gasteiger partial charge in [-0.1, -0.05) is 48.0 Å². The molecule has 0 aromatic carbocycles. The summed E-state index contributed by atoms with van der Waals surface area (Å²) in [6.07, 6.45) is 3.74. The molecule has 5 atom stereocenters. The molecule has 0 spiro atoms. The summed E-state index contributed by atoms with van der Waals surface area (Å²) in [5.41, 5.74) is 0. The third kappa shape index (κ3) is 15.0. The van der Waals surface area contributed by atoms with Crippen LogP contribution in [0, 0.1) is 17.8 Å². The van der Waals surface area contributed by atoms with Crippen LogP contribution in [0.25, 0.3) is 0 Å². The van der Waals surface area contributed by atoms with Crippen LogP contribution in [0.3, 0.4) is 0 Å². The van der Waals surface area contributed by atoms with Crippen molar-refractivity contribution in [1.82, 2.24) is 25.8 Å². The molecule has 0 aromatic rings. The molecule has 9 heteroatoms. The minimum absolute atomic E-state index is 0.0397. The number of likely N-dealkylation sites (N-methyl/N-ethyl adjacent to an activating group) is 1. The highest BCUT2D eigenvalue weighted by Gasteiger charge is 2.36. The number of hydrogen-bond acceptors (Lipinski definition) is 6. The number of amides is 3. The molecule has 0 radical (unpaired) electrons. The van der Waals surface area contributed by atoms with E-state index in [0.29, 0.717) is 19.0 Å². The number of methoxy groups -OCH3 is 1. The van der Waals surface area contributed by atoms with Crippen LogP contribution < -0.4 is 16.0 Å². The number of carbonyl (C=O) groups is 3. The van der Waals surface area contributed by atoms with E-state index in [1.807, 2.05) is 41.7 Å². The Kier molecular flexibility index (Phi) is 22.4. The van der Waals surface area contributed by atoms with Crippen LogP contribution in [0.15, 0.2) is 0 Å². The average Bonchev–Trinajstić information content (AvgIpc) is 2.88. The summed E-state index contributed by atoms with van der Waals surface area (Å²) < 4.78 is 5.58. The maximum Gasteiger partial charge on any atom is 0.245 e. The third-order valence-electron chi connectivity index (χ3n) is 7.49. The fourth-order valence-corrected chi connectivity index (χ4v) is 4.40. The Bertz CT molecular complexity index is 632. The first-order valence-electron chi connectivity index (χ1n) is 14.4. The lowest BCUT2D eigenvalue weighted by Crippen LogP contribution is -2.56. The number of carbonyl (C=O) groups excluding carboxylic acids is 3. The predicted molar refractivity (Wildman–Crippen MR) is 158 cm³/mol. The topological polar surface area (TPSA) is 103 Å². The van der Waals surface area contributed by atoms with Gasteiger partial charge in [0.2, 0.25) is 18.2 Å². The van der Waals surface area contributed by atoms with Crippen molar-refractivity contribution in [2.24, 2.45) is 17.8 Å². The summed E-state index contributed by atoms with van der Waals surface area (Å²) in [5.74, 6) is 0.578. The first-order valence-corrected chi connectivity index (χ1v) is 14.4. The van der Waals surface area contributed by atoms with Gasteiger partial charge in [0.1, 0.15) is 6.04 Å². The van der Waals surface area contributed by atoms with E-state index in [4.69, 9.17) is 4.74 Å². The van der Waals surface area contributed by atoms with Crippen molar-refractivity contribution in [3.8, 4) is 0 Å². The van der Waals surface area contributed by atoms with Gasteiger partial charge in [-0.2, -0.15) is 0 Å². The molecule has 0 rings (SSSR count). The van der Waals surface area contributed by atoms with Crippen LogP contribution in [0.5, 0.6) is 0 Å². The second-order valence-electron chi connectivity index (χ2n) is 11.0. The molecular formula is C29H61N5O4. The maximum absolute atomic E-state index is 12.9. The van der Waals surface area contributed by atoms with E-state index in [1.165, 1.54) is 19.4 Å². The van der Waals surface area contributed by atoms with Crippen LogP contribution in [-0.4, -0.2) is 100 Å². The molecule has 226 valence electrons. The molecule has 9 nitrogen and oxygen atoms in total. The van der Waals surface area contributed by atoms with Crippen molar-refractivity contribution in [3.63, 3.8) is 0 Å². The van der Waals surface area contributed by atoms with Gasteiger partial charge in [-0.25, -0.2) is 0 Å². The Hall–Kier alpha value is -1.71. The van der Waals surface area contributed by atoms with Gasteiger partial charge < -0.3 is 30.5 Å². The summed E-state index contributed by atoms with van der Waals surface area (Å²) in [5, 5.41) is 8.55. The van der Waals surface area contributed by atoms with Gasteiger partial charge in [-0.15, -0.1) is 0 Å². The van der Waals surface area contributed by atoms with Gasteiger partial charge in [-0.3, -0.25) is 14.4 Å². The zero-order chi connectivity index (χ0) is 29.8. The fourth-order valence-electron chi connectivity index (χ4n) is 4.40. The summed E-state index contributed by atoms with van der Waals surface area (Å²) in [6, 6.07) is -0.162. The first-order chi connectivity index (χ1) is 17.8. The second kappa shape index (κ2) is 22.1. The maximum atomic E-state index is 12.9. The molecule has 3 N–H and O–H groups in total. The van der Waals surface area contributed by atoms with Crippen molar-refractivity contribution < 1.29 is 19.1 Å². The van der Waals surface area contributed by atoms with E-state index in [1.54, 1.807) is 19.1 Å². The van der Waals surface area contributed by atoms with E-state index in [9.17, 15) is 14.4 Å². The average molecular weight is 544 g/mol. The number of nitrogens with zero attached hydrogens (tertiary/aromatic N) is 2. The number of hydrogen-bond donors (Lipinski definition) is 3. The number of ether oxygens (including phenoxy) is 1. The van der Waals surface area contributed by atoms with E-state index >= 15 is 0 Å². The predicted octanol–water partition coefficient (Wildman–Crippen LogP) is 3.13. The molecule has 0 aliphatic rings.